The first kappa shape index (κ1) is 18.1. The van der Waals surface area contributed by atoms with Crippen LogP contribution in [-0.4, -0.2) is 31.7 Å². The molecule has 0 bridgehead atoms. The van der Waals surface area contributed by atoms with Gasteiger partial charge in [-0.2, -0.15) is 0 Å². The van der Waals surface area contributed by atoms with Crippen molar-refractivity contribution in [1.29, 1.82) is 0 Å². The molecule has 0 aliphatic heterocycles. The maximum Gasteiger partial charge on any atom is 0.188 e. The third-order valence-electron chi connectivity index (χ3n) is 3.60. The second kappa shape index (κ2) is 8.54. The minimum atomic E-state index is 0.426. The van der Waals surface area contributed by atoms with Gasteiger partial charge in [0.2, 0.25) is 0 Å². The third kappa shape index (κ3) is 4.86. The number of aliphatic imine (C=N–C) groups is 1. The van der Waals surface area contributed by atoms with E-state index in [1.807, 2.05) is 25.1 Å². The summed E-state index contributed by atoms with van der Waals surface area (Å²) in [5.41, 5.74) is 8.02. The molecule has 0 amide bonds. The van der Waals surface area contributed by atoms with Gasteiger partial charge in [-0.05, 0) is 31.5 Å². The monoisotopic (exact) mass is 348 g/mol. The number of aryl methyl sites for hydroxylation is 2. The van der Waals surface area contributed by atoms with E-state index < -0.39 is 0 Å². The highest BCUT2D eigenvalue weighted by Gasteiger charge is 2.05. The summed E-state index contributed by atoms with van der Waals surface area (Å²) in [6.07, 6.45) is 0.839. The largest absolute Gasteiger partial charge is 0.493 e. The highest BCUT2D eigenvalue weighted by atomic mass is 32.1. The van der Waals surface area contributed by atoms with Crippen LogP contribution in [0.15, 0.2) is 23.2 Å². The Morgan fingerprint density at radius 2 is 2.00 bits per heavy atom. The molecule has 0 spiro atoms. The summed E-state index contributed by atoms with van der Waals surface area (Å²) in [4.78, 5) is 10.1. The summed E-state index contributed by atoms with van der Waals surface area (Å²) in [5, 5.41) is 4.24. The Bertz CT molecular complexity index is 693. The van der Waals surface area contributed by atoms with E-state index in [1.54, 1.807) is 25.6 Å². The fourth-order valence-electron chi connectivity index (χ4n) is 2.15. The zero-order chi connectivity index (χ0) is 17.5. The highest BCUT2D eigenvalue weighted by molar-refractivity contribution is 7.11. The molecule has 7 heteroatoms. The van der Waals surface area contributed by atoms with E-state index >= 15 is 0 Å². The van der Waals surface area contributed by atoms with Crippen molar-refractivity contribution in [2.75, 3.05) is 20.8 Å². The van der Waals surface area contributed by atoms with Crippen LogP contribution in [0.5, 0.6) is 11.5 Å². The standard InChI is InChI=1S/C17H24N4O2S/c1-11-12(2)24-16(21-11)7-8-19-17(18)20-10-13-5-6-14(22-3)15(9-13)23-4/h5-6,9H,7-8,10H2,1-4H3,(H3,18,19,20). The van der Waals surface area contributed by atoms with Crippen LogP contribution in [0.2, 0.25) is 0 Å². The lowest BCUT2D eigenvalue weighted by Crippen LogP contribution is -2.33. The highest BCUT2D eigenvalue weighted by Crippen LogP contribution is 2.27. The number of guanidine groups is 1. The molecule has 0 radical (unpaired) electrons. The summed E-state index contributed by atoms with van der Waals surface area (Å²) < 4.78 is 10.5. The molecule has 1 heterocycles. The fourth-order valence-corrected chi connectivity index (χ4v) is 3.09. The molecule has 0 unspecified atom stereocenters. The maximum atomic E-state index is 5.91. The molecule has 0 aliphatic rings. The average molecular weight is 348 g/mol. The van der Waals surface area contributed by atoms with Crippen molar-refractivity contribution in [2.45, 2.75) is 26.8 Å². The SMILES string of the molecule is COc1ccc(CN=C(N)NCCc2nc(C)c(C)s2)cc1OC. The molecule has 1 aromatic heterocycles. The number of hydrogen-bond donors (Lipinski definition) is 2. The van der Waals surface area contributed by atoms with E-state index in [-0.39, 0.29) is 0 Å². The number of nitrogens with one attached hydrogen (secondary N) is 1. The van der Waals surface area contributed by atoms with Crippen molar-refractivity contribution in [3.63, 3.8) is 0 Å². The summed E-state index contributed by atoms with van der Waals surface area (Å²) in [5.74, 6) is 1.81. The third-order valence-corrected chi connectivity index (χ3v) is 4.73. The molecule has 0 saturated heterocycles. The molecule has 6 nitrogen and oxygen atoms in total. The number of methoxy groups -OCH3 is 2. The van der Waals surface area contributed by atoms with Crippen LogP contribution >= 0.6 is 11.3 Å². The van der Waals surface area contributed by atoms with Crippen molar-refractivity contribution in [3.05, 3.63) is 39.3 Å². The Hall–Kier alpha value is -2.28. The van der Waals surface area contributed by atoms with E-state index in [0.717, 1.165) is 22.7 Å². The molecule has 2 rings (SSSR count). The van der Waals surface area contributed by atoms with Gasteiger partial charge in [-0.1, -0.05) is 6.07 Å². The van der Waals surface area contributed by atoms with Crippen LogP contribution in [0.1, 0.15) is 21.1 Å². The summed E-state index contributed by atoms with van der Waals surface area (Å²) in [6, 6.07) is 5.70. The van der Waals surface area contributed by atoms with Gasteiger partial charge in [0.15, 0.2) is 17.5 Å². The summed E-state index contributed by atoms with van der Waals surface area (Å²) >= 11 is 1.73. The minimum Gasteiger partial charge on any atom is -0.493 e. The minimum absolute atomic E-state index is 0.426. The van der Waals surface area contributed by atoms with Crippen LogP contribution in [0.4, 0.5) is 0 Å². The van der Waals surface area contributed by atoms with Gasteiger partial charge in [0, 0.05) is 17.8 Å². The molecule has 1 aromatic carbocycles. The second-order valence-corrected chi connectivity index (χ2v) is 6.60. The normalized spacial score (nSPS) is 11.4. The number of ether oxygens (including phenoxy) is 2. The molecule has 0 aliphatic carbocycles. The first-order valence-electron chi connectivity index (χ1n) is 7.71. The van der Waals surface area contributed by atoms with E-state index in [2.05, 4.69) is 22.2 Å². The number of nitrogens with two attached hydrogens (primary N) is 1. The van der Waals surface area contributed by atoms with Crippen molar-refractivity contribution in [2.24, 2.45) is 10.7 Å². The first-order chi connectivity index (χ1) is 11.5. The zero-order valence-electron chi connectivity index (χ0n) is 14.5. The van der Waals surface area contributed by atoms with Gasteiger partial charge >= 0.3 is 0 Å². The molecule has 2 aromatic rings. The quantitative estimate of drug-likeness (QED) is 0.593. The van der Waals surface area contributed by atoms with Crippen LogP contribution in [0.25, 0.3) is 0 Å². The topological polar surface area (TPSA) is 81.8 Å². The number of rotatable bonds is 7. The van der Waals surface area contributed by atoms with Gasteiger partial charge in [0.05, 0.1) is 31.5 Å². The predicted molar refractivity (Wildman–Crippen MR) is 98.2 cm³/mol. The van der Waals surface area contributed by atoms with Crippen LogP contribution in [0, 0.1) is 13.8 Å². The Morgan fingerprint density at radius 1 is 1.25 bits per heavy atom. The molecule has 0 fully saturated rings. The molecule has 3 N–H and O–H groups in total. The number of aromatic nitrogens is 1. The van der Waals surface area contributed by atoms with Crippen molar-refractivity contribution < 1.29 is 9.47 Å². The maximum absolute atomic E-state index is 5.91. The summed E-state index contributed by atoms with van der Waals surface area (Å²) in [7, 11) is 3.23. The molecular formula is C17H24N4O2S. The number of thiazole rings is 1. The molecule has 24 heavy (non-hydrogen) atoms. The van der Waals surface area contributed by atoms with Gasteiger partial charge in [-0.3, -0.25) is 0 Å². The van der Waals surface area contributed by atoms with Gasteiger partial charge in [0.1, 0.15) is 0 Å². The van der Waals surface area contributed by atoms with Crippen molar-refractivity contribution in [1.82, 2.24) is 10.3 Å². The average Bonchev–Trinajstić information content (AvgIpc) is 2.90. The Morgan fingerprint density at radius 3 is 2.62 bits per heavy atom. The molecule has 130 valence electrons. The van der Waals surface area contributed by atoms with Crippen molar-refractivity contribution >= 4 is 17.3 Å². The lowest BCUT2D eigenvalue weighted by atomic mass is 10.2. The zero-order valence-corrected chi connectivity index (χ0v) is 15.4. The lowest BCUT2D eigenvalue weighted by molar-refractivity contribution is 0.354. The number of hydrogen-bond acceptors (Lipinski definition) is 5. The van der Waals surface area contributed by atoms with Gasteiger partial charge < -0.3 is 20.5 Å². The van der Waals surface area contributed by atoms with Crippen LogP contribution < -0.4 is 20.5 Å². The lowest BCUT2D eigenvalue weighted by Gasteiger charge is -2.09. The smallest absolute Gasteiger partial charge is 0.188 e. The first-order valence-corrected chi connectivity index (χ1v) is 8.52. The second-order valence-electron chi connectivity index (χ2n) is 5.32. The van der Waals surface area contributed by atoms with E-state index in [1.165, 1.54) is 4.88 Å². The van der Waals surface area contributed by atoms with E-state index in [0.29, 0.717) is 30.5 Å². The molecule has 0 saturated carbocycles. The van der Waals surface area contributed by atoms with Crippen LogP contribution in [-0.2, 0) is 13.0 Å². The number of nitrogens with zero attached hydrogens (tertiary/aromatic N) is 2. The molecule has 0 atom stereocenters. The van der Waals surface area contributed by atoms with Gasteiger partial charge in [-0.15, -0.1) is 11.3 Å². The fraction of sp³-hybridized carbons (Fsp3) is 0.412. The van der Waals surface area contributed by atoms with E-state index in [4.69, 9.17) is 15.2 Å². The Labute approximate surface area is 146 Å². The van der Waals surface area contributed by atoms with Crippen LogP contribution in [0.3, 0.4) is 0 Å². The molecular weight excluding hydrogens is 324 g/mol. The Balaban J connectivity index is 1.85. The van der Waals surface area contributed by atoms with Crippen molar-refractivity contribution in [3.8, 4) is 11.5 Å². The number of benzene rings is 1. The Kier molecular flexibility index (Phi) is 6.43. The van der Waals surface area contributed by atoms with Gasteiger partial charge in [0.25, 0.3) is 0 Å². The van der Waals surface area contributed by atoms with Gasteiger partial charge in [-0.25, -0.2) is 9.98 Å². The summed E-state index contributed by atoms with van der Waals surface area (Å²) in [6.45, 7) is 5.31. The predicted octanol–water partition coefficient (Wildman–Crippen LogP) is 2.42. The van der Waals surface area contributed by atoms with E-state index in [9.17, 15) is 0 Å².